The highest BCUT2D eigenvalue weighted by molar-refractivity contribution is 5.70. The Hall–Kier alpha value is -0.670. The molecule has 0 aliphatic carbocycles. The third-order valence-corrected chi connectivity index (χ3v) is 0.733. The first-order valence-corrected chi connectivity index (χ1v) is 2.11. The Morgan fingerprint density at radius 2 is 2.57 bits per heavy atom. The summed E-state index contributed by atoms with van der Waals surface area (Å²) in [6.07, 6.45) is 5.06. The van der Waals surface area contributed by atoms with E-state index < -0.39 is 0 Å². The molecule has 1 aliphatic rings. The van der Waals surface area contributed by atoms with Gasteiger partial charge in [0.2, 0.25) is 0 Å². The minimum absolute atomic E-state index is 0.0532. The Morgan fingerprint density at radius 1 is 1.71 bits per heavy atom. The van der Waals surface area contributed by atoms with Crippen molar-refractivity contribution in [1.82, 2.24) is 0 Å². The Bertz CT molecular complexity index is 108. The molecule has 0 amide bonds. The summed E-state index contributed by atoms with van der Waals surface area (Å²) in [5, 5.41) is 13.6. The van der Waals surface area contributed by atoms with Crippen LogP contribution in [-0.2, 0) is 0 Å². The van der Waals surface area contributed by atoms with Crippen molar-refractivity contribution in [3.05, 3.63) is 17.4 Å². The zero-order valence-electron chi connectivity index (χ0n) is 3.79. The van der Waals surface area contributed by atoms with Crippen molar-refractivity contribution in [1.29, 1.82) is 0 Å². The number of nitrogens with one attached hydrogen (secondary N) is 1. The first-order chi connectivity index (χ1) is 3.39. The average Bonchev–Trinajstić information content (AvgIpc) is 1.69. The maximum absolute atomic E-state index is 10.2. The number of hydrogen-bond donors (Lipinski definition) is 1. The number of hydroxylamine groups is 1. The number of hydrogen-bond acceptors (Lipinski definition) is 2. The quantitative estimate of drug-likeness (QED) is 0.385. The van der Waals surface area contributed by atoms with Crippen LogP contribution in [-0.4, -0.2) is 12.8 Å². The van der Waals surface area contributed by atoms with Crippen molar-refractivity contribution in [3.63, 3.8) is 0 Å². The lowest BCUT2D eigenvalue weighted by Gasteiger charge is -2.12. The van der Waals surface area contributed by atoms with Crippen LogP contribution in [0.1, 0.15) is 0 Å². The van der Waals surface area contributed by atoms with Crippen LogP contribution in [0.25, 0.3) is 0 Å². The van der Waals surface area contributed by atoms with E-state index in [4.69, 9.17) is 0 Å². The summed E-state index contributed by atoms with van der Waals surface area (Å²) in [7, 11) is 0. The van der Waals surface area contributed by atoms with Crippen LogP contribution < -0.4 is 5.17 Å². The number of quaternary nitrogens is 1. The van der Waals surface area contributed by atoms with Crippen LogP contribution in [0.3, 0.4) is 0 Å². The number of rotatable bonds is 0. The summed E-state index contributed by atoms with van der Waals surface area (Å²) in [4.78, 5) is 0. The van der Waals surface area contributed by atoms with Gasteiger partial charge in [0.05, 0.1) is 6.21 Å². The van der Waals surface area contributed by atoms with E-state index in [-0.39, 0.29) is 5.17 Å². The molecule has 0 fully saturated rings. The monoisotopic (exact) mass is 98.0 g/mol. The molecule has 0 aromatic heterocycles. The third kappa shape index (κ3) is 1.10. The minimum atomic E-state index is -0.0532. The molecule has 0 radical (unpaired) electrons. The van der Waals surface area contributed by atoms with Gasteiger partial charge in [0.1, 0.15) is 6.54 Å². The maximum atomic E-state index is 10.2. The summed E-state index contributed by atoms with van der Waals surface area (Å²) in [6, 6.07) is 0. The Morgan fingerprint density at radius 3 is 2.86 bits per heavy atom. The number of nitrogens with zero attached hydrogens (tertiary/aromatic N) is 1. The Balaban J connectivity index is 2.49. The van der Waals surface area contributed by atoms with E-state index in [9.17, 15) is 5.21 Å². The van der Waals surface area contributed by atoms with Gasteiger partial charge in [0, 0.05) is 0 Å². The fourth-order valence-corrected chi connectivity index (χ4v) is 0.409. The topological polar surface area (TPSA) is 39.9 Å². The van der Waals surface area contributed by atoms with Crippen molar-refractivity contribution >= 4 is 6.21 Å². The second-order valence-electron chi connectivity index (χ2n) is 1.30. The molecular weight excluding hydrogens is 92.1 g/mol. The minimum Gasteiger partial charge on any atom is -0.606 e. The molecule has 0 bridgehead atoms. The molecule has 0 saturated heterocycles. The summed E-state index contributed by atoms with van der Waals surface area (Å²) < 4.78 is 0. The molecule has 1 rings (SSSR count). The van der Waals surface area contributed by atoms with Gasteiger partial charge in [-0.15, -0.1) is 0 Å². The highest BCUT2D eigenvalue weighted by Crippen LogP contribution is 1.66. The fourth-order valence-electron chi connectivity index (χ4n) is 0.409. The van der Waals surface area contributed by atoms with Gasteiger partial charge in [-0.3, -0.25) is 0 Å². The lowest BCUT2D eigenvalue weighted by Crippen LogP contribution is -3.02. The molecule has 0 saturated carbocycles. The first kappa shape index (κ1) is 4.49. The summed E-state index contributed by atoms with van der Waals surface area (Å²) in [6.45, 7) is 0.469. The van der Waals surface area contributed by atoms with Crippen molar-refractivity contribution in [2.45, 2.75) is 0 Å². The van der Waals surface area contributed by atoms with E-state index in [0.29, 0.717) is 6.54 Å². The molecule has 1 atom stereocenters. The van der Waals surface area contributed by atoms with E-state index in [0.717, 1.165) is 0 Å². The van der Waals surface area contributed by atoms with E-state index >= 15 is 0 Å². The maximum Gasteiger partial charge on any atom is 0.120 e. The molecular formula is C4H6N2O. The highest BCUT2D eigenvalue weighted by Gasteiger charge is 1.88. The SMILES string of the molecule is [O-][NH+]1CC=CC=N1. The Kier molecular flexibility index (Phi) is 1.19. The summed E-state index contributed by atoms with van der Waals surface area (Å²) in [5.41, 5.74) is 0. The zero-order valence-corrected chi connectivity index (χ0v) is 3.79. The van der Waals surface area contributed by atoms with Crippen LogP contribution in [0, 0.1) is 5.21 Å². The second-order valence-corrected chi connectivity index (χ2v) is 1.30. The molecule has 3 heteroatoms. The molecule has 1 unspecified atom stereocenters. The predicted octanol–water partition coefficient (Wildman–Crippen LogP) is -1.08. The Labute approximate surface area is 41.5 Å². The van der Waals surface area contributed by atoms with Gasteiger partial charge >= 0.3 is 0 Å². The summed E-state index contributed by atoms with van der Waals surface area (Å²) in [5.74, 6) is 0. The van der Waals surface area contributed by atoms with Crippen molar-refractivity contribution in [2.75, 3.05) is 6.54 Å². The molecule has 1 aliphatic heterocycles. The highest BCUT2D eigenvalue weighted by atomic mass is 16.5. The van der Waals surface area contributed by atoms with E-state index in [1.54, 1.807) is 12.2 Å². The zero-order chi connectivity index (χ0) is 5.11. The van der Waals surface area contributed by atoms with E-state index in [2.05, 4.69) is 5.10 Å². The smallest absolute Gasteiger partial charge is 0.120 e. The molecule has 0 aromatic rings. The molecule has 1 heterocycles. The van der Waals surface area contributed by atoms with Gasteiger partial charge in [-0.1, -0.05) is 5.10 Å². The molecule has 38 valence electrons. The molecule has 0 aromatic carbocycles. The predicted molar refractivity (Wildman–Crippen MR) is 26.8 cm³/mol. The van der Waals surface area contributed by atoms with Gasteiger partial charge in [-0.05, 0) is 12.2 Å². The van der Waals surface area contributed by atoms with E-state index in [1.165, 1.54) is 6.21 Å². The van der Waals surface area contributed by atoms with Crippen molar-refractivity contribution < 1.29 is 5.17 Å². The lowest BCUT2D eigenvalue weighted by molar-refractivity contribution is -0.848. The van der Waals surface area contributed by atoms with Crippen LogP contribution in [0.5, 0.6) is 0 Å². The fraction of sp³-hybridized carbons (Fsp3) is 0.250. The molecule has 1 N–H and O–H groups in total. The average molecular weight is 98.1 g/mol. The van der Waals surface area contributed by atoms with Gasteiger partial charge in [-0.2, -0.15) is 0 Å². The first-order valence-electron chi connectivity index (χ1n) is 2.11. The van der Waals surface area contributed by atoms with Crippen LogP contribution in [0.4, 0.5) is 0 Å². The molecule has 7 heavy (non-hydrogen) atoms. The van der Waals surface area contributed by atoms with Gasteiger partial charge in [0.25, 0.3) is 0 Å². The van der Waals surface area contributed by atoms with Crippen molar-refractivity contribution in [3.8, 4) is 0 Å². The van der Waals surface area contributed by atoms with Gasteiger partial charge in [0.15, 0.2) is 0 Å². The largest absolute Gasteiger partial charge is 0.606 e. The third-order valence-electron chi connectivity index (χ3n) is 0.733. The molecule has 3 nitrogen and oxygen atoms in total. The van der Waals surface area contributed by atoms with Gasteiger partial charge in [-0.25, -0.2) is 5.17 Å². The van der Waals surface area contributed by atoms with Crippen LogP contribution in [0.2, 0.25) is 0 Å². The van der Waals surface area contributed by atoms with Crippen LogP contribution in [0.15, 0.2) is 17.3 Å². The molecule has 0 spiro atoms. The van der Waals surface area contributed by atoms with Crippen molar-refractivity contribution in [2.24, 2.45) is 5.10 Å². The second kappa shape index (κ2) is 1.86. The van der Waals surface area contributed by atoms with E-state index in [1.807, 2.05) is 0 Å². The normalized spacial score (nSPS) is 28.4. The van der Waals surface area contributed by atoms with Crippen LogP contribution >= 0.6 is 0 Å². The summed E-state index contributed by atoms with van der Waals surface area (Å²) >= 11 is 0. The van der Waals surface area contributed by atoms with Gasteiger partial charge < -0.3 is 5.21 Å². The lowest BCUT2D eigenvalue weighted by atomic mass is 10.5. The standard InChI is InChI=1S/C4H6N2O/c7-6-4-2-1-3-5-6/h1-3,6H,4H2. The number of allylic oxidation sites excluding steroid dienone is 1.